The Bertz CT molecular complexity index is 806. The van der Waals surface area contributed by atoms with Crippen LogP contribution in [0.5, 0.6) is 11.5 Å². The monoisotopic (exact) mass is 345 g/mol. The van der Waals surface area contributed by atoms with Gasteiger partial charge in [0.05, 0.1) is 32.6 Å². The molecule has 0 saturated carbocycles. The number of rotatable bonds is 6. The standard InChI is InChI=1S/C18H19NO6/c1-11-5-6-12(25-11)7-8-17(20)19-14-10-16(23-3)15(22-2)9-13(14)18(21)24-4/h5-10H,1-4H3,(H,19,20)/b8-7+. The maximum atomic E-state index is 12.1. The molecule has 0 spiro atoms. The second-order valence-corrected chi connectivity index (χ2v) is 5.02. The first kappa shape index (κ1) is 18.1. The summed E-state index contributed by atoms with van der Waals surface area (Å²) >= 11 is 0. The van der Waals surface area contributed by atoms with Crippen molar-refractivity contribution in [1.82, 2.24) is 0 Å². The van der Waals surface area contributed by atoms with Gasteiger partial charge in [0.15, 0.2) is 11.5 Å². The molecule has 2 aromatic rings. The Hall–Kier alpha value is -3.22. The lowest BCUT2D eigenvalue weighted by Gasteiger charge is -2.13. The van der Waals surface area contributed by atoms with Crippen LogP contribution in [0.2, 0.25) is 0 Å². The molecule has 0 unspecified atom stereocenters. The SMILES string of the molecule is COC(=O)c1cc(OC)c(OC)cc1NC(=O)/C=C/c1ccc(C)o1. The molecule has 0 fully saturated rings. The Balaban J connectivity index is 2.28. The fourth-order valence-electron chi connectivity index (χ4n) is 2.14. The molecule has 0 atom stereocenters. The summed E-state index contributed by atoms with van der Waals surface area (Å²) in [5.41, 5.74) is 0.394. The van der Waals surface area contributed by atoms with E-state index in [0.29, 0.717) is 17.3 Å². The molecule has 0 saturated heterocycles. The van der Waals surface area contributed by atoms with Crippen LogP contribution in [0.3, 0.4) is 0 Å². The van der Waals surface area contributed by atoms with E-state index in [4.69, 9.17) is 18.6 Å². The molecule has 0 aliphatic heterocycles. The Morgan fingerprint density at radius 3 is 2.32 bits per heavy atom. The summed E-state index contributed by atoms with van der Waals surface area (Å²) in [5, 5.41) is 2.63. The third-order valence-corrected chi connectivity index (χ3v) is 3.35. The molecule has 0 radical (unpaired) electrons. The minimum atomic E-state index is -0.609. The quantitative estimate of drug-likeness (QED) is 0.640. The number of anilines is 1. The smallest absolute Gasteiger partial charge is 0.340 e. The number of benzene rings is 1. The highest BCUT2D eigenvalue weighted by Gasteiger charge is 2.18. The number of ether oxygens (including phenoxy) is 3. The molecule has 1 N–H and O–H groups in total. The third kappa shape index (κ3) is 4.41. The lowest BCUT2D eigenvalue weighted by molar-refractivity contribution is -0.111. The Morgan fingerprint density at radius 1 is 1.08 bits per heavy atom. The van der Waals surface area contributed by atoms with Crippen LogP contribution in [0.1, 0.15) is 21.9 Å². The van der Waals surface area contributed by atoms with Gasteiger partial charge in [0, 0.05) is 18.2 Å². The van der Waals surface area contributed by atoms with E-state index in [0.717, 1.165) is 5.76 Å². The number of hydrogen-bond acceptors (Lipinski definition) is 6. The largest absolute Gasteiger partial charge is 0.493 e. The van der Waals surface area contributed by atoms with Crippen molar-refractivity contribution in [2.24, 2.45) is 0 Å². The minimum absolute atomic E-state index is 0.149. The van der Waals surface area contributed by atoms with Crippen molar-refractivity contribution in [2.45, 2.75) is 6.92 Å². The second-order valence-electron chi connectivity index (χ2n) is 5.02. The van der Waals surface area contributed by atoms with E-state index in [1.54, 1.807) is 12.1 Å². The molecule has 1 aromatic heterocycles. The molecule has 2 rings (SSSR count). The molecule has 0 bridgehead atoms. The number of amides is 1. The maximum Gasteiger partial charge on any atom is 0.340 e. The van der Waals surface area contributed by atoms with Crippen molar-refractivity contribution in [3.63, 3.8) is 0 Å². The fourth-order valence-corrected chi connectivity index (χ4v) is 2.14. The van der Waals surface area contributed by atoms with Crippen LogP contribution in [0, 0.1) is 6.92 Å². The number of aryl methyl sites for hydroxylation is 1. The average molecular weight is 345 g/mol. The first-order valence-electron chi connectivity index (χ1n) is 7.38. The minimum Gasteiger partial charge on any atom is -0.493 e. The zero-order valence-corrected chi connectivity index (χ0v) is 14.4. The number of hydrogen-bond donors (Lipinski definition) is 1. The summed E-state index contributed by atoms with van der Waals surface area (Å²) in [7, 11) is 4.16. The first-order valence-corrected chi connectivity index (χ1v) is 7.38. The molecule has 0 aliphatic carbocycles. The van der Waals surface area contributed by atoms with Gasteiger partial charge in [0.2, 0.25) is 5.91 Å². The van der Waals surface area contributed by atoms with Crippen molar-refractivity contribution >= 4 is 23.6 Å². The fraction of sp³-hybridized carbons (Fsp3) is 0.222. The molecular weight excluding hydrogens is 326 g/mol. The number of methoxy groups -OCH3 is 3. The van der Waals surface area contributed by atoms with Crippen molar-refractivity contribution < 1.29 is 28.2 Å². The van der Waals surface area contributed by atoms with E-state index in [9.17, 15) is 9.59 Å². The summed E-state index contributed by atoms with van der Waals surface area (Å²) in [6.07, 6.45) is 2.83. The van der Waals surface area contributed by atoms with Crippen LogP contribution >= 0.6 is 0 Å². The average Bonchev–Trinajstić information content (AvgIpc) is 3.04. The van der Waals surface area contributed by atoms with Gasteiger partial charge in [-0.1, -0.05) is 0 Å². The lowest BCUT2D eigenvalue weighted by atomic mass is 10.1. The van der Waals surface area contributed by atoms with Crippen molar-refractivity contribution in [3.05, 3.63) is 47.4 Å². The van der Waals surface area contributed by atoms with Gasteiger partial charge in [-0.15, -0.1) is 0 Å². The van der Waals surface area contributed by atoms with E-state index in [2.05, 4.69) is 5.32 Å². The molecule has 132 valence electrons. The van der Waals surface area contributed by atoms with Crippen LogP contribution in [0.4, 0.5) is 5.69 Å². The van der Waals surface area contributed by atoms with Crippen molar-refractivity contribution in [2.75, 3.05) is 26.6 Å². The normalized spacial score (nSPS) is 10.6. The predicted molar refractivity (Wildman–Crippen MR) is 92.0 cm³/mol. The Labute approximate surface area is 145 Å². The van der Waals surface area contributed by atoms with Gasteiger partial charge in [-0.05, 0) is 25.1 Å². The molecule has 1 amide bonds. The van der Waals surface area contributed by atoms with E-state index in [1.165, 1.54) is 45.6 Å². The zero-order chi connectivity index (χ0) is 18.4. The summed E-state index contributed by atoms with van der Waals surface area (Å²) in [6, 6.07) is 6.48. The highest BCUT2D eigenvalue weighted by Crippen LogP contribution is 2.33. The molecule has 7 nitrogen and oxygen atoms in total. The van der Waals surface area contributed by atoms with E-state index >= 15 is 0 Å². The van der Waals surface area contributed by atoms with E-state index < -0.39 is 11.9 Å². The van der Waals surface area contributed by atoms with Gasteiger partial charge < -0.3 is 23.9 Å². The summed E-state index contributed by atoms with van der Waals surface area (Å²) in [4.78, 5) is 24.1. The van der Waals surface area contributed by atoms with Gasteiger partial charge in [0.25, 0.3) is 0 Å². The second kappa shape index (κ2) is 8.05. The van der Waals surface area contributed by atoms with Crippen molar-refractivity contribution in [1.29, 1.82) is 0 Å². The van der Waals surface area contributed by atoms with Crippen molar-refractivity contribution in [3.8, 4) is 11.5 Å². The van der Waals surface area contributed by atoms with Gasteiger partial charge in [-0.25, -0.2) is 4.79 Å². The predicted octanol–water partition coefficient (Wildman–Crippen LogP) is 3.04. The number of furan rings is 1. The zero-order valence-electron chi connectivity index (χ0n) is 14.4. The van der Waals surface area contributed by atoms with E-state index in [-0.39, 0.29) is 11.3 Å². The van der Waals surface area contributed by atoms with Crippen LogP contribution in [0.15, 0.2) is 34.8 Å². The molecular formula is C18H19NO6. The van der Waals surface area contributed by atoms with Gasteiger partial charge in [-0.3, -0.25) is 4.79 Å². The Morgan fingerprint density at radius 2 is 1.76 bits per heavy atom. The molecule has 25 heavy (non-hydrogen) atoms. The molecule has 0 aliphatic rings. The lowest BCUT2D eigenvalue weighted by Crippen LogP contribution is -2.13. The molecule has 1 aromatic carbocycles. The van der Waals surface area contributed by atoms with Crippen LogP contribution in [-0.2, 0) is 9.53 Å². The number of carbonyl (C=O) groups is 2. The number of nitrogens with one attached hydrogen (secondary N) is 1. The summed E-state index contributed by atoms with van der Waals surface area (Å²) < 4.78 is 20.5. The third-order valence-electron chi connectivity index (χ3n) is 3.35. The topological polar surface area (TPSA) is 87.0 Å². The number of esters is 1. The van der Waals surface area contributed by atoms with Crippen LogP contribution < -0.4 is 14.8 Å². The van der Waals surface area contributed by atoms with Crippen LogP contribution in [-0.4, -0.2) is 33.2 Å². The maximum absolute atomic E-state index is 12.1. The van der Waals surface area contributed by atoms with Gasteiger partial charge in [-0.2, -0.15) is 0 Å². The Kier molecular flexibility index (Phi) is 5.84. The molecule has 1 heterocycles. The first-order chi connectivity index (χ1) is 12.0. The van der Waals surface area contributed by atoms with Crippen LogP contribution in [0.25, 0.3) is 6.08 Å². The van der Waals surface area contributed by atoms with Gasteiger partial charge >= 0.3 is 5.97 Å². The highest BCUT2D eigenvalue weighted by molar-refractivity contribution is 6.06. The van der Waals surface area contributed by atoms with E-state index in [1.807, 2.05) is 6.92 Å². The summed E-state index contributed by atoms with van der Waals surface area (Å²) in [5.74, 6) is 0.966. The highest BCUT2D eigenvalue weighted by atomic mass is 16.5. The summed E-state index contributed by atoms with van der Waals surface area (Å²) in [6.45, 7) is 1.81. The number of carbonyl (C=O) groups excluding carboxylic acids is 2. The molecule has 7 heteroatoms. The van der Waals surface area contributed by atoms with Gasteiger partial charge in [0.1, 0.15) is 11.5 Å².